The van der Waals surface area contributed by atoms with E-state index in [0.29, 0.717) is 5.69 Å². The van der Waals surface area contributed by atoms with Gasteiger partial charge < -0.3 is 10.6 Å². The van der Waals surface area contributed by atoms with Crippen LogP contribution in [0, 0.1) is 19.7 Å². The van der Waals surface area contributed by atoms with Gasteiger partial charge in [-0.3, -0.25) is 14.5 Å². The van der Waals surface area contributed by atoms with Crippen molar-refractivity contribution in [1.29, 1.82) is 0 Å². The lowest BCUT2D eigenvalue weighted by Crippen LogP contribution is -2.39. The van der Waals surface area contributed by atoms with E-state index in [1.165, 1.54) is 18.2 Å². The molecule has 1 atom stereocenters. The number of carbonyl (C=O) groups is 2. The second-order valence-electron chi connectivity index (χ2n) is 7.59. The summed E-state index contributed by atoms with van der Waals surface area (Å²) < 4.78 is 13.4. The van der Waals surface area contributed by atoms with E-state index in [9.17, 15) is 14.0 Å². The Hall–Kier alpha value is -3.51. The third-order valence-corrected chi connectivity index (χ3v) is 4.96. The van der Waals surface area contributed by atoms with Gasteiger partial charge >= 0.3 is 0 Å². The number of hydrogen-bond donors (Lipinski definition) is 2. The summed E-state index contributed by atoms with van der Waals surface area (Å²) in [6.45, 7) is 3.85. The van der Waals surface area contributed by atoms with Gasteiger partial charge in [0.25, 0.3) is 0 Å². The Morgan fingerprint density at radius 1 is 0.935 bits per heavy atom. The third-order valence-electron chi connectivity index (χ3n) is 4.96. The van der Waals surface area contributed by atoms with Crippen LogP contribution in [0.25, 0.3) is 0 Å². The molecule has 2 amide bonds. The van der Waals surface area contributed by atoms with Gasteiger partial charge in [-0.15, -0.1) is 0 Å². The SMILES string of the molecule is Cc1ccc(C)c(NC(=O)[C@@H](c2ccccc2)N(C)CC(=O)Nc2cccc(F)c2)c1. The molecule has 0 spiro atoms. The van der Waals surface area contributed by atoms with E-state index in [-0.39, 0.29) is 18.4 Å². The number of nitrogens with one attached hydrogen (secondary N) is 2. The van der Waals surface area contributed by atoms with E-state index >= 15 is 0 Å². The first-order chi connectivity index (χ1) is 14.8. The number of likely N-dealkylation sites (N-methyl/N-ethyl adjacent to an activating group) is 1. The number of nitrogens with zero attached hydrogens (tertiary/aromatic N) is 1. The van der Waals surface area contributed by atoms with Crippen LogP contribution in [0.15, 0.2) is 72.8 Å². The first kappa shape index (κ1) is 22.2. The van der Waals surface area contributed by atoms with Crippen LogP contribution < -0.4 is 10.6 Å². The molecule has 0 fully saturated rings. The summed E-state index contributed by atoms with van der Waals surface area (Å²) in [6.07, 6.45) is 0. The first-order valence-corrected chi connectivity index (χ1v) is 10.0. The second-order valence-corrected chi connectivity index (χ2v) is 7.59. The van der Waals surface area contributed by atoms with Gasteiger partial charge in [0.05, 0.1) is 6.54 Å². The zero-order valence-electron chi connectivity index (χ0n) is 17.9. The molecule has 2 N–H and O–H groups in total. The molecule has 3 aromatic rings. The molecule has 6 heteroatoms. The highest BCUT2D eigenvalue weighted by molar-refractivity contribution is 5.97. The minimum absolute atomic E-state index is 0.0453. The van der Waals surface area contributed by atoms with Gasteiger partial charge in [0, 0.05) is 11.4 Å². The highest BCUT2D eigenvalue weighted by Gasteiger charge is 2.27. The van der Waals surface area contributed by atoms with E-state index in [2.05, 4.69) is 10.6 Å². The number of rotatable bonds is 7. The fraction of sp³-hybridized carbons (Fsp3) is 0.200. The predicted molar refractivity (Wildman–Crippen MR) is 121 cm³/mol. The molecule has 3 aromatic carbocycles. The predicted octanol–water partition coefficient (Wildman–Crippen LogP) is 4.69. The van der Waals surface area contributed by atoms with Crippen LogP contribution in [0.2, 0.25) is 0 Å². The fourth-order valence-corrected chi connectivity index (χ4v) is 3.40. The molecule has 5 nitrogen and oxygen atoms in total. The number of amides is 2. The molecule has 0 aliphatic heterocycles. The summed E-state index contributed by atoms with van der Waals surface area (Å²) in [7, 11) is 1.71. The van der Waals surface area contributed by atoms with Crippen LogP contribution in [0.5, 0.6) is 0 Å². The van der Waals surface area contributed by atoms with E-state index in [4.69, 9.17) is 0 Å². The minimum atomic E-state index is -0.681. The summed E-state index contributed by atoms with van der Waals surface area (Å²) in [4.78, 5) is 27.5. The van der Waals surface area contributed by atoms with Crippen molar-refractivity contribution in [1.82, 2.24) is 4.90 Å². The smallest absolute Gasteiger partial charge is 0.246 e. The second kappa shape index (κ2) is 10.00. The molecule has 0 aromatic heterocycles. The van der Waals surface area contributed by atoms with Crippen molar-refractivity contribution in [3.05, 3.63) is 95.3 Å². The molecule has 0 saturated carbocycles. The maximum Gasteiger partial charge on any atom is 0.246 e. The Morgan fingerprint density at radius 2 is 1.68 bits per heavy atom. The number of carbonyl (C=O) groups excluding carboxylic acids is 2. The van der Waals surface area contributed by atoms with Crippen LogP contribution in [0.4, 0.5) is 15.8 Å². The molecule has 3 rings (SSSR count). The van der Waals surface area contributed by atoms with Crippen molar-refractivity contribution in [3.8, 4) is 0 Å². The van der Waals surface area contributed by atoms with E-state index in [0.717, 1.165) is 22.4 Å². The lowest BCUT2D eigenvalue weighted by atomic mass is 10.0. The van der Waals surface area contributed by atoms with Gasteiger partial charge in [0.1, 0.15) is 11.9 Å². The molecule has 0 aliphatic carbocycles. The molecule has 0 bridgehead atoms. The maximum atomic E-state index is 13.4. The number of hydrogen-bond acceptors (Lipinski definition) is 3. The largest absolute Gasteiger partial charge is 0.325 e. The first-order valence-electron chi connectivity index (χ1n) is 10.0. The molecular formula is C25H26FN3O2. The number of aryl methyl sites for hydroxylation is 2. The zero-order valence-corrected chi connectivity index (χ0v) is 17.9. The van der Waals surface area contributed by atoms with Crippen LogP contribution in [0.1, 0.15) is 22.7 Å². The highest BCUT2D eigenvalue weighted by atomic mass is 19.1. The Labute approximate surface area is 181 Å². The van der Waals surface area contributed by atoms with Gasteiger partial charge in [0.15, 0.2) is 0 Å². The van der Waals surface area contributed by atoms with Gasteiger partial charge in [-0.25, -0.2) is 4.39 Å². The topological polar surface area (TPSA) is 61.4 Å². The molecule has 0 unspecified atom stereocenters. The minimum Gasteiger partial charge on any atom is -0.325 e. The fourth-order valence-electron chi connectivity index (χ4n) is 3.40. The molecule has 0 radical (unpaired) electrons. The lowest BCUT2D eigenvalue weighted by molar-refractivity contribution is -0.123. The zero-order chi connectivity index (χ0) is 22.4. The van der Waals surface area contributed by atoms with Crippen LogP contribution in [0.3, 0.4) is 0 Å². The van der Waals surface area contributed by atoms with Gasteiger partial charge in [-0.2, -0.15) is 0 Å². The van der Waals surface area contributed by atoms with E-state index in [1.807, 2.05) is 62.4 Å². The number of benzene rings is 3. The number of halogens is 1. The Bertz CT molecular complexity index is 1070. The average molecular weight is 420 g/mol. The van der Waals surface area contributed by atoms with Crippen LogP contribution in [-0.4, -0.2) is 30.3 Å². The standard InChI is InChI=1S/C25H26FN3O2/c1-17-12-13-18(2)22(14-17)28-25(31)24(19-8-5-4-6-9-19)29(3)16-23(30)27-21-11-7-10-20(26)15-21/h4-15,24H,16H2,1-3H3,(H,27,30)(H,28,31)/t24-/m1/s1. The summed E-state index contributed by atoms with van der Waals surface area (Å²) >= 11 is 0. The number of anilines is 2. The third kappa shape index (κ3) is 5.99. The summed E-state index contributed by atoms with van der Waals surface area (Å²) in [6, 6.07) is 20.2. The Kier molecular flexibility index (Phi) is 7.15. The highest BCUT2D eigenvalue weighted by Crippen LogP contribution is 2.24. The van der Waals surface area contributed by atoms with Crippen molar-refractivity contribution < 1.29 is 14.0 Å². The molecule has 0 heterocycles. The van der Waals surface area contributed by atoms with E-state index < -0.39 is 11.9 Å². The van der Waals surface area contributed by atoms with Crippen molar-refractivity contribution in [2.24, 2.45) is 0 Å². The normalized spacial score (nSPS) is 11.8. The Balaban J connectivity index is 1.79. The van der Waals surface area contributed by atoms with Gasteiger partial charge in [-0.1, -0.05) is 48.5 Å². The van der Waals surface area contributed by atoms with Crippen LogP contribution >= 0.6 is 0 Å². The molecule has 0 saturated heterocycles. The molecule has 0 aliphatic rings. The van der Waals surface area contributed by atoms with E-state index in [1.54, 1.807) is 18.0 Å². The molecule has 31 heavy (non-hydrogen) atoms. The summed E-state index contributed by atoms with van der Waals surface area (Å²) in [5.74, 6) is -1.00. The van der Waals surface area contributed by atoms with Gasteiger partial charge in [-0.05, 0) is 61.9 Å². The molecular weight excluding hydrogens is 393 g/mol. The Morgan fingerprint density at radius 3 is 2.39 bits per heavy atom. The van der Waals surface area contributed by atoms with Crippen molar-refractivity contribution in [3.63, 3.8) is 0 Å². The summed E-state index contributed by atoms with van der Waals surface area (Å²) in [5.41, 5.74) is 3.88. The monoisotopic (exact) mass is 419 g/mol. The van der Waals surface area contributed by atoms with Crippen molar-refractivity contribution in [2.75, 3.05) is 24.2 Å². The lowest BCUT2D eigenvalue weighted by Gasteiger charge is -2.27. The van der Waals surface area contributed by atoms with Crippen molar-refractivity contribution in [2.45, 2.75) is 19.9 Å². The van der Waals surface area contributed by atoms with Gasteiger partial charge in [0.2, 0.25) is 11.8 Å². The van der Waals surface area contributed by atoms with Crippen molar-refractivity contribution >= 4 is 23.2 Å². The quantitative estimate of drug-likeness (QED) is 0.584. The molecule has 160 valence electrons. The average Bonchev–Trinajstić information content (AvgIpc) is 2.71. The van der Waals surface area contributed by atoms with Crippen LogP contribution in [-0.2, 0) is 9.59 Å². The maximum absolute atomic E-state index is 13.4. The summed E-state index contributed by atoms with van der Waals surface area (Å²) in [5, 5.41) is 5.67.